The number of ether oxygens (including phenoxy) is 1. The summed E-state index contributed by atoms with van der Waals surface area (Å²) in [6.07, 6.45) is 0. The zero-order chi connectivity index (χ0) is 14.7. The minimum Gasteiger partial charge on any atom is -0.457 e. The molecule has 0 saturated carbocycles. The van der Waals surface area contributed by atoms with E-state index in [2.05, 4.69) is 54.9 Å². The summed E-state index contributed by atoms with van der Waals surface area (Å²) in [6.45, 7) is 6.42. The Hall–Kier alpha value is -0.990. The van der Waals surface area contributed by atoms with Crippen molar-refractivity contribution in [2.75, 3.05) is 0 Å². The van der Waals surface area contributed by atoms with Crippen LogP contribution in [0.1, 0.15) is 36.5 Å². The maximum atomic E-state index is 6.01. The normalized spacial score (nSPS) is 10.9. The largest absolute Gasteiger partial charge is 0.457 e. The third-order valence-corrected chi connectivity index (χ3v) is 4.30. The van der Waals surface area contributed by atoms with Crippen molar-refractivity contribution >= 4 is 27.5 Å². The summed E-state index contributed by atoms with van der Waals surface area (Å²) in [5.41, 5.74) is 3.47. The minimum atomic E-state index is 0.489. The Morgan fingerprint density at radius 2 is 1.90 bits per heavy atom. The van der Waals surface area contributed by atoms with Crippen LogP contribution in [0.3, 0.4) is 0 Å². The molecule has 106 valence electrons. The summed E-state index contributed by atoms with van der Waals surface area (Å²) in [5, 5.41) is 0. The van der Waals surface area contributed by atoms with E-state index in [0.29, 0.717) is 11.8 Å². The zero-order valence-corrected chi connectivity index (χ0v) is 14.3. The zero-order valence-electron chi connectivity index (χ0n) is 11.9. The highest BCUT2D eigenvalue weighted by molar-refractivity contribution is 9.10. The van der Waals surface area contributed by atoms with Gasteiger partial charge >= 0.3 is 0 Å². The smallest absolute Gasteiger partial charge is 0.130 e. The predicted molar refractivity (Wildman–Crippen MR) is 89.0 cm³/mol. The second-order valence-corrected chi connectivity index (χ2v) is 6.29. The Balaban J connectivity index is 2.29. The SMILES string of the molecule is Cc1ccc(C(C)C)cc1Oc1ccc(CCl)c(Br)c1. The molecular formula is C17H18BrClO. The minimum absolute atomic E-state index is 0.489. The Labute approximate surface area is 134 Å². The molecule has 0 fully saturated rings. The quantitative estimate of drug-likeness (QED) is 0.577. The molecule has 0 unspecified atom stereocenters. The summed E-state index contributed by atoms with van der Waals surface area (Å²) in [4.78, 5) is 0. The highest BCUT2D eigenvalue weighted by Crippen LogP contribution is 2.31. The van der Waals surface area contributed by atoms with Crippen molar-refractivity contribution in [2.45, 2.75) is 32.6 Å². The van der Waals surface area contributed by atoms with E-state index in [1.54, 1.807) is 0 Å². The van der Waals surface area contributed by atoms with E-state index in [9.17, 15) is 0 Å². The number of hydrogen-bond acceptors (Lipinski definition) is 1. The lowest BCUT2D eigenvalue weighted by atomic mass is 10.0. The molecule has 2 rings (SSSR count). The monoisotopic (exact) mass is 352 g/mol. The van der Waals surface area contributed by atoms with E-state index in [-0.39, 0.29) is 0 Å². The van der Waals surface area contributed by atoms with Crippen LogP contribution in [0.25, 0.3) is 0 Å². The van der Waals surface area contributed by atoms with Crippen molar-refractivity contribution in [3.8, 4) is 11.5 Å². The number of hydrogen-bond donors (Lipinski definition) is 0. The number of aryl methyl sites for hydroxylation is 1. The Bertz CT molecular complexity index is 608. The van der Waals surface area contributed by atoms with Crippen LogP contribution in [0.5, 0.6) is 11.5 Å². The highest BCUT2D eigenvalue weighted by atomic mass is 79.9. The maximum absolute atomic E-state index is 6.01. The van der Waals surface area contributed by atoms with Crippen molar-refractivity contribution < 1.29 is 4.74 Å². The van der Waals surface area contributed by atoms with Crippen molar-refractivity contribution in [1.82, 2.24) is 0 Å². The Morgan fingerprint density at radius 3 is 2.50 bits per heavy atom. The van der Waals surface area contributed by atoms with Crippen LogP contribution in [-0.4, -0.2) is 0 Å². The average molecular weight is 354 g/mol. The number of halogens is 2. The van der Waals surface area contributed by atoms with Gasteiger partial charge in [0.15, 0.2) is 0 Å². The van der Waals surface area contributed by atoms with Gasteiger partial charge in [0.25, 0.3) is 0 Å². The topological polar surface area (TPSA) is 9.23 Å². The molecule has 1 nitrogen and oxygen atoms in total. The van der Waals surface area contributed by atoms with Gasteiger partial charge in [-0.1, -0.05) is 48.0 Å². The molecule has 0 radical (unpaired) electrons. The first-order valence-corrected chi connectivity index (χ1v) is 7.97. The third-order valence-electron chi connectivity index (χ3n) is 3.28. The van der Waals surface area contributed by atoms with Gasteiger partial charge in [-0.2, -0.15) is 0 Å². The molecule has 0 atom stereocenters. The van der Waals surface area contributed by atoms with Crippen LogP contribution in [0.15, 0.2) is 40.9 Å². The van der Waals surface area contributed by atoms with Gasteiger partial charge in [-0.15, -0.1) is 11.6 Å². The van der Waals surface area contributed by atoms with E-state index >= 15 is 0 Å². The van der Waals surface area contributed by atoms with Crippen LogP contribution in [0.2, 0.25) is 0 Å². The molecule has 0 bridgehead atoms. The van der Waals surface area contributed by atoms with Gasteiger partial charge in [-0.05, 0) is 47.7 Å². The van der Waals surface area contributed by atoms with Gasteiger partial charge in [0, 0.05) is 10.4 Å². The van der Waals surface area contributed by atoms with E-state index in [0.717, 1.165) is 27.1 Å². The molecule has 0 amide bonds. The van der Waals surface area contributed by atoms with Crippen molar-refractivity contribution in [3.05, 3.63) is 57.6 Å². The number of rotatable bonds is 4. The second kappa shape index (κ2) is 6.64. The fourth-order valence-electron chi connectivity index (χ4n) is 1.91. The van der Waals surface area contributed by atoms with Gasteiger partial charge in [0.05, 0.1) is 0 Å². The molecule has 20 heavy (non-hydrogen) atoms. The fourth-order valence-corrected chi connectivity index (χ4v) is 2.81. The van der Waals surface area contributed by atoms with Gasteiger partial charge in [-0.25, -0.2) is 0 Å². The molecule has 2 aromatic rings. The molecule has 0 aliphatic rings. The van der Waals surface area contributed by atoms with Crippen LogP contribution >= 0.6 is 27.5 Å². The molecule has 0 heterocycles. The molecule has 0 spiro atoms. The van der Waals surface area contributed by atoms with Gasteiger partial charge in [0.1, 0.15) is 11.5 Å². The fraction of sp³-hybridized carbons (Fsp3) is 0.294. The lowest BCUT2D eigenvalue weighted by Gasteiger charge is -2.13. The molecule has 0 aromatic heterocycles. The van der Waals surface area contributed by atoms with Gasteiger partial charge in [-0.3, -0.25) is 0 Å². The van der Waals surface area contributed by atoms with Crippen molar-refractivity contribution in [3.63, 3.8) is 0 Å². The third kappa shape index (κ3) is 3.56. The van der Waals surface area contributed by atoms with E-state index in [1.165, 1.54) is 5.56 Å². The van der Waals surface area contributed by atoms with Crippen LogP contribution < -0.4 is 4.74 Å². The van der Waals surface area contributed by atoms with E-state index < -0.39 is 0 Å². The predicted octanol–water partition coefficient (Wildman–Crippen LogP) is 6.41. The van der Waals surface area contributed by atoms with E-state index in [1.807, 2.05) is 18.2 Å². The summed E-state index contributed by atoms with van der Waals surface area (Å²) in [7, 11) is 0. The van der Waals surface area contributed by atoms with E-state index in [4.69, 9.17) is 16.3 Å². The van der Waals surface area contributed by atoms with Crippen LogP contribution in [-0.2, 0) is 5.88 Å². The Morgan fingerprint density at radius 1 is 1.15 bits per heavy atom. The Kier molecular flexibility index (Phi) is 5.11. The lowest BCUT2D eigenvalue weighted by molar-refractivity contribution is 0.477. The molecule has 0 aliphatic carbocycles. The second-order valence-electron chi connectivity index (χ2n) is 5.17. The van der Waals surface area contributed by atoms with Crippen molar-refractivity contribution in [1.29, 1.82) is 0 Å². The average Bonchev–Trinajstić information content (AvgIpc) is 2.41. The number of alkyl halides is 1. The first-order chi connectivity index (χ1) is 9.51. The summed E-state index contributed by atoms with van der Waals surface area (Å²) in [5.74, 6) is 2.70. The molecular weight excluding hydrogens is 336 g/mol. The summed E-state index contributed by atoms with van der Waals surface area (Å²) in [6, 6.07) is 12.3. The number of benzene rings is 2. The van der Waals surface area contributed by atoms with Crippen LogP contribution in [0, 0.1) is 6.92 Å². The van der Waals surface area contributed by atoms with Crippen molar-refractivity contribution in [2.24, 2.45) is 0 Å². The highest BCUT2D eigenvalue weighted by Gasteiger charge is 2.07. The maximum Gasteiger partial charge on any atom is 0.130 e. The first kappa shape index (κ1) is 15.4. The molecule has 0 saturated heterocycles. The molecule has 3 heteroatoms. The molecule has 0 N–H and O–H groups in total. The van der Waals surface area contributed by atoms with Gasteiger partial charge in [0.2, 0.25) is 0 Å². The first-order valence-electron chi connectivity index (χ1n) is 6.64. The molecule has 2 aromatic carbocycles. The molecule has 0 aliphatic heterocycles. The van der Waals surface area contributed by atoms with Crippen LogP contribution in [0.4, 0.5) is 0 Å². The lowest BCUT2D eigenvalue weighted by Crippen LogP contribution is -1.93. The summed E-state index contributed by atoms with van der Waals surface area (Å²) >= 11 is 9.37. The standard InChI is InChI=1S/C17H18BrClO/c1-11(2)13-5-4-12(3)17(8-13)20-15-7-6-14(10-19)16(18)9-15/h4-9,11H,10H2,1-3H3. The van der Waals surface area contributed by atoms with Gasteiger partial charge < -0.3 is 4.74 Å². The summed E-state index contributed by atoms with van der Waals surface area (Å²) < 4.78 is 6.98.